The number of thioether (sulfide) groups is 2. The van der Waals surface area contributed by atoms with Crippen LogP contribution in [0.1, 0.15) is 26.7 Å². The summed E-state index contributed by atoms with van der Waals surface area (Å²) in [5.74, 6) is 0. The summed E-state index contributed by atoms with van der Waals surface area (Å²) in [7, 11) is 0. The molecule has 0 nitrogen and oxygen atoms in total. The van der Waals surface area contributed by atoms with Gasteiger partial charge in [-0.2, -0.15) is 0 Å². The van der Waals surface area contributed by atoms with E-state index in [-0.39, 0.29) is 0 Å². The van der Waals surface area contributed by atoms with Crippen molar-refractivity contribution in [2.75, 3.05) is 0 Å². The van der Waals surface area contributed by atoms with Crippen molar-refractivity contribution in [3.8, 4) is 0 Å². The highest BCUT2D eigenvalue weighted by Crippen LogP contribution is 2.54. The quantitative estimate of drug-likeness (QED) is 0.628. The van der Waals surface area contributed by atoms with Gasteiger partial charge in [0.15, 0.2) is 0 Å². The summed E-state index contributed by atoms with van der Waals surface area (Å²) < 4.78 is 0.836. The van der Waals surface area contributed by atoms with Crippen molar-refractivity contribution in [1.82, 2.24) is 0 Å². The molecule has 0 N–H and O–H groups in total. The molecule has 2 aliphatic rings. The number of rotatable bonds is 1. The first kappa shape index (κ1) is 8.76. The van der Waals surface area contributed by atoms with Gasteiger partial charge in [-0.1, -0.05) is 12.2 Å². The van der Waals surface area contributed by atoms with Crippen LogP contribution in [-0.4, -0.2) is 9.49 Å². The molecule has 66 valence electrons. The van der Waals surface area contributed by atoms with Gasteiger partial charge in [-0.3, -0.25) is 0 Å². The summed E-state index contributed by atoms with van der Waals surface area (Å²) in [6.07, 6.45) is 7.05. The third kappa shape index (κ3) is 1.16. The smallest absolute Gasteiger partial charge is 0.0357 e. The van der Waals surface area contributed by atoms with Crippen LogP contribution in [0.25, 0.3) is 0 Å². The Labute approximate surface area is 82.9 Å². The maximum Gasteiger partial charge on any atom is 0.0357 e. The van der Waals surface area contributed by atoms with E-state index in [1.54, 1.807) is 0 Å². The summed E-state index contributed by atoms with van der Waals surface area (Å²) in [5, 5.41) is 4.51. The largest absolute Gasteiger partial charge is 0.126 e. The van der Waals surface area contributed by atoms with Crippen molar-refractivity contribution < 1.29 is 0 Å². The second kappa shape index (κ2) is 2.85. The molecule has 0 aliphatic carbocycles. The first-order valence-corrected chi connectivity index (χ1v) is 6.08. The van der Waals surface area contributed by atoms with Crippen LogP contribution in [0.3, 0.4) is 0 Å². The molecule has 0 fully saturated rings. The highest BCUT2D eigenvalue weighted by molar-refractivity contribution is 8.07. The van der Waals surface area contributed by atoms with Gasteiger partial charge in [-0.15, -0.1) is 23.5 Å². The lowest BCUT2D eigenvalue weighted by Gasteiger charge is -2.39. The SMILES string of the molecule is CC1(C2(C)CC=CS2)CC=CS1. The Morgan fingerprint density at radius 3 is 1.58 bits per heavy atom. The lowest BCUT2D eigenvalue weighted by atomic mass is 9.88. The Balaban J connectivity index is 2.17. The molecule has 2 atom stereocenters. The number of hydrogen-bond donors (Lipinski definition) is 0. The molecule has 0 amide bonds. The zero-order valence-electron chi connectivity index (χ0n) is 7.54. The molecule has 2 unspecified atom stereocenters. The van der Waals surface area contributed by atoms with Crippen LogP contribution in [0.15, 0.2) is 23.0 Å². The minimum Gasteiger partial charge on any atom is -0.126 e. The van der Waals surface area contributed by atoms with Crippen molar-refractivity contribution in [1.29, 1.82) is 0 Å². The maximum absolute atomic E-state index is 2.39. The molecule has 0 aromatic rings. The molecular formula is C10H14S2. The van der Waals surface area contributed by atoms with Crippen molar-refractivity contribution in [3.63, 3.8) is 0 Å². The molecule has 0 radical (unpaired) electrons. The summed E-state index contributed by atoms with van der Waals surface area (Å²) >= 11 is 4.00. The second-order valence-electron chi connectivity index (χ2n) is 3.85. The van der Waals surface area contributed by atoms with Crippen LogP contribution in [0, 0.1) is 0 Å². The van der Waals surface area contributed by atoms with E-state index < -0.39 is 0 Å². The standard InChI is InChI=1S/C10H14S2/c1-9(5-3-7-11-9)10(2)6-4-8-12-10/h3-4,7-8H,5-6H2,1-2H3. The van der Waals surface area contributed by atoms with Gasteiger partial charge < -0.3 is 0 Å². The van der Waals surface area contributed by atoms with Gasteiger partial charge in [-0.05, 0) is 37.5 Å². The third-order valence-corrected chi connectivity index (χ3v) is 6.04. The summed E-state index contributed by atoms with van der Waals surface area (Å²) in [6.45, 7) is 4.77. The van der Waals surface area contributed by atoms with Crippen LogP contribution in [-0.2, 0) is 0 Å². The fraction of sp³-hybridized carbons (Fsp3) is 0.600. The van der Waals surface area contributed by atoms with E-state index in [0.29, 0.717) is 9.49 Å². The fourth-order valence-electron chi connectivity index (χ4n) is 1.72. The van der Waals surface area contributed by atoms with Crippen molar-refractivity contribution >= 4 is 23.5 Å². The Morgan fingerprint density at radius 2 is 1.33 bits per heavy atom. The molecule has 0 aromatic heterocycles. The predicted molar refractivity (Wildman–Crippen MR) is 59.5 cm³/mol. The highest BCUT2D eigenvalue weighted by Gasteiger charge is 2.46. The van der Waals surface area contributed by atoms with Gasteiger partial charge in [0.25, 0.3) is 0 Å². The predicted octanol–water partition coefficient (Wildman–Crippen LogP) is 3.81. The molecular weight excluding hydrogens is 184 g/mol. The molecule has 0 bridgehead atoms. The van der Waals surface area contributed by atoms with Gasteiger partial charge in [0.1, 0.15) is 0 Å². The van der Waals surface area contributed by atoms with Gasteiger partial charge in [0.05, 0.1) is 0 Å². The molecule has 2 heterocycles. The Bertz CT molecular complexity index is 198. The van der Waals surface area contributed by atoms with Crippen LogP contribution in [0.4, 0.5) is 0 Å². The highest BCUT2D eigenvalue weighted by atomic mass is 32.2. The first-order chi connectivity index (χ1) is 5.66. The summed E-state index contributed by atoms with van der Waals surface area (Å²) in [5.41, 5.74) is 0. The van der Waals surface area contributed by atoms with E-state index >= 15 is 0 Å². The maximum atomic E-state index is 2.39. The molecule has 0 saturated carbocycles. The van der Waals surface area contributed by atoms with Crippen LogP contribution < -0.4 is 0 Å². The van der Waals surface area contributed by atoms with E-state index in [1.165, 1.54) is 12.8 Å². The number of hydrogen-bond acceptors (Lipinski definition) is 2. The third-order valence-electron chi connectivity index (χ3n) is 2.98. The average molecular weight is 198 g/mol. The van der Waals surface area contributed by atoms with Crippen molar-refractivity contribution in [2.24, 2.45) is 0 Å². The molecule has 2 aliphatic heterocycles. The number of allylic oxidation sites excluding steroid dienone is 2. The zero-order valence-corrected chi connectivity index (χ0v) is 9.17. The van der Waals surface area contributed by atoms with E-state index in [9.17, 15) is 0 Å². The lowest BCUT2D eigenvalue weighted by molar-refractivity contribution is 0.497. The monoisotopic (exact) mass is 198 g/mol. The van der Waals surface area contributed by atoms with Gasteiger partial charge in [0.2, 0.25) is 0 Å². The summed E-state index contributed by atoms with van der Waals surface area (Å²) in [4.78, 5) is 0. The minimum atomic E-state index is 0.418. The van der Waals surface area contributed by atoms with Crippen LogP contribution in [0.2, 0.25) is 0 Å². The Kier molecular flexibility index (Phi) is 2.08. The Morgan fingerprint density at radius 1 is 0.917 bits per heavy atom. The van der Waals surface area contributed by atoms with Gasteiger partial charge >= 0.3 is 0 Å². The van der Waals surface area contributed by atoms with Crippen LogP contribution >= 0.6 is 23.5 Å². The van der Waals surface area contributed by atoms with E-state index in [4.69, 9.17) is 0 Å². The lowest BCUT2D eigenvalue weighted by Crippen LogP contribution is -2.41. The topological polar surface area (TPSA) is 0 Å². The molecule has 2 heteroatoms. The molecule has 0 aromatic carbocycles. The van der Waals surface area contributed by atoms with E-state index in [1.807, 2.05) is 23.5 Å². The fourth-order valence-corrected chi connectivity index (χ4v) is 4.04. The van der Waals surface area contributed by atoms with Crippen molar-refractivity contribution in [3.05, 3.63) is 23.0 Å². The summed E-state index contributed by atoms with van der Waals surface area (Å²) in [6, 6.07) is 0. The normalized spacial score (nSPS) is 45.8. The molecule has 0 saturated heterocycles. The second-order valence-corrected chi connectivity index (χ2v) is 6.67. The Hall–Kier alpha value is 0.180. The average Bonchev–Trinajstić information content (AvgIpc) is 2.60. The first-order valence-electron chi connectivity index (χ1n) is 4.32. The van der Waals surface area contributed by atoms with Crippen molar-refractivity contribution in [2.45, 2.75) is 36.2 Å². The van der Waals surface area contributed by atoms with Gasteiger partial charge in [0, 0.05) is 9.49 Å². The van der Waals surface area contributed by atoms with E-state index in [0.717, 1.165) is 0 Å². The molecule has 12 heavy (non-hydrogen) atoms. The minimum absolute atomic E-state index is 0.418. The molecule has 2 rings (SSSR count). The van der Waals surface area contributed by atoms with E-state index in [2.05, 4.69) is 36.8 Å². The molecule has 0 spiro atoms. The zero-order chi connectivity index (χ0) is 8.66. The van der Waals surface area contributed by atoms with Gasteiger partial charge in [-0.25, -0.2) is 0 Å². The van der Waals surface area contributed by atoms with Crippen LogP contribution in [0.5, 0.6) is 0 Å².